The quantitative estimate of drug-likeness (QED) is 0.929. The topological polar surface area (TPSA) is 49.4 Å². The summed E-state index contributed by atoms with van der Waals surface area (Å²) in [4.78, 5) is 26.4. The zero-order valence-corrected chi connectivity index (χ0v) is 12.2. The SMILES string of the molecule is CC1(C)C(=O)NC(c2ccccc2)C(=O)N1C/C=C/Cl. The Balaban J connectivity index is 2.35. The molecule has 0 aliphatic carbocycles. The Kier molecular flexibility index (Phi) is 4.14. The summed E-state index contributed by atoms with van der Waals surface area (Å²) in [5.41, 5.74) is 1.24. The number of hydrogen-bond donors (Lipinski definition) is 1. The Morgan fingerprint density at radius 2 is 1.95 bits per heavy atom. The molecular weight excluding hydrogens is 276 g/mol. The van der Waals surface area contributed by atoms with Crippen molar-refractivity contribution in [3.8, 4) is 0 Å². The van der Waals surface area contributed by atoms with Gasteiger partial charge in [0, 0.05) is 12.1 Å². The molecule has 0 spiro atoms. The van der Waals surface area contributed by atoms with Gasteiger partial charge in [-0.2, -0.15) is 0 Å². The van der Waals surface area contributed by atoms with Crippen molar-refractivity contribution in [1.29, 1.82) is 0 Å². The second kappa shape index (κ2) is 5.67. The molecule has 4 nitrogen and oxygen atoms in total. The van der Waals surface area contributed by atoms with Crippen LogP contribution in [0.25, 0.3) is 0 Å². The van der Waals surface area contributed by atoms with Crippen LogP contribution in [-0.4, -0.2) is 28.8 Å². The molecule has 2 amide bonds. The molecule has 1 atom stereocenters. The number of nitrogens with one attached hydrogen (secondary N) is 1. The minimum atomic E-state index is -0.890. The molecule has 1 unspecified atom stereocenters. The summed E-state index contributed by atoms with van der Waals surface area (Å²) in [7, 11) is 0. The first-order valence-corrected chi connectivity index (χ1v) is 6.84. The fourth-order valence-corrected chi connectivity index (χ4v) is 2.34. The Bertz CT molecular complexity index is 540. The van der Waals surface area contributed by atoms with E-state index >= 15 is 0 Å². The number of amides is 2. The molecule has 1 aromatic carbocycles. The summed E-state index contributed by atoms with van der Waals surface area (Å²) in [6, 6.07) is 8.58. The summed E-state index contributed by atoms with van der Waals surface area (Å²) in [5, 5.41) is 2.79. The van der Waals surface area contributed by atoms with Gasteiger partial charge >= 0.3 is 0 Å². The molecule has 1 aliphatic heterocycles. The highest BCUT2D eigenvalue weighted by atomic mass is 35.5. The lowest BCUT2D eigenvalue weighted by atomic mass is 9.93. The minimum Gasteiger partial charge on any atom is -0.338 e. The molecule has 1 aromatic rings. The second-order valence-electron chi connectivity index (χ2n) is 5.19. The van der Waals surface area contributed by atoms with Crippen molar-refractivity contribution < 1.29 is 9.59 Å². The summed E-state index contributed by atoms with van der Waals surface area (Å²) >= 11 is 5.53. The third-order valence-corrected chi connectivity index (χ3v) is 3.71. The van der Waals surface area contributed by atoms with E-state index in [4.69, 9.17) is 11.6 Å². The van der Waals surface area contributed by atoms with E-state index in [9.17, 15) is 9.59 Å². The van der Waals surface area contributed by atoms with Gasteiger partial charge in [-0.1, -0.05) is 48.0 Å². The van der Waals surface area contributed by atoms with E-state index in [2.05, 4.69) is 5.32 Å². The first-order chi connectivity index (χ1) is 9.48. The summed E-state index contributed by atoms with van der Waals surface area (Å²) in [6.07, 6.45) is 1.65. The van der Waals surface area contributed by atoms with Gasteiger partial charge in [0.2, 0.25) is 5.91 Å². The maximum atomic E-state index is 12.6. The van der Waals surface area contributed by atoms with Crippen molar-refractivity contribution in [1.82, 2.24) is 10.2 Å². The normalized spacial score (nSPS) is 22.1. The molecule has 0 radical (unpaired) electrons. The zero-order chi connectivity index (χ0) is 14.8. The van der Waals surface area contributed by atoms with Gasteiger partial charge in [-0.15, -0.1) is 0 Å². The van der Waals surface area contributed by atoms with Crippen LogP contribution in [0.1, 0.15) is 25.5 Å². The van der Waals surface area contributed by atoms with Gasteiger partial charge in [0.25, 0.3) is 5.91 Å². The Labute approximate surface area is 123 Å². The number of hydrogen-bond acceptors (Lipinski definition) is 2. The Morgan fingerprint density at radius 1 is 1.30 bits per heavy atom. The molecule has 1 saturated heterocycles. The maximum Gasteiger partial charge on any atom is 0.250 e. The molecule has 1 fully saturated rings. The van der Waals surface area contributed by atoms with E-state index in [1.54, 1.807) is 24.8 Å². The largest absolute Gasteiger partial charge is 0.338 e. The van der Waals surface area contributed by atoms with Crippen LogP contribution in [0.4, 0.5) is 0 Å². The van der Waals surface area contributed by atoms with E-state index in [1.807, 2.05) is 30.3 Å². The Morgan fingerprint density at radius 3 is 2.55 bits per heavy atom. The third kappa shape index (κ3) is 2.56. The Hall–Kier alpha value is -1.81. The molecule has 0 saturated carbocycles. The van der Waals surface area contributed by atoms with Gasteiger partial charge in [0.15, 0.2) is 0 Å². The molecule has 0 aromatic heterocycles. The van der Waals surface area contributed by atoms with Crippen molar-refractivity contribution in [2.45, 2.75) is 25.4 Å². The average molecular weight is 293 g/mol. The van der Waals surface area contributed by atoms with Crippen LogP contribution in [0.5, 0.6) is 0 Å². The van der Waals surface area contributed by atoms with Crippen molar-refractivity contribution in [3.63, 3.8) is 0 Å². The van der Waals surface area contributed by atoms with Crippen molar-refractivity contribution >= 4 is 23.4 Å². The van der Waals surface area contributed by atoms with Gasteiger partial charge in [-0.25, -0.2) is 0 Å². The van der Waals surface area contributed by atoms with Crippen molar-refractivity contribution in [2.24, 2.45) is 0 Å². The van der Waals surface area contributed by atoms with Crippen molar-refractivity contribution in [2.75, 3.05) is 6.54 Å². The first-order valence-electron chi connectivity index (χ1n) is 6.41. The van der Waals surface area contributed by atoms with E-state index in [-0.39, 0.29) is 11.8 Å². The highest BCUT2D eigenvalue weighted by molar-refractivity contribution is 6.25. The highest BCUT2D eigenvalue weighted by Gasteiger charge is 2.46. The predicted octanol–water partition coefficient (Wildman–Crippen LogP) is 2.22. The highest BCUT2D eigenvalue weighted by Crippen LogP contribution is 2.27. The number of halogens is 1. The standard InChI is InChI=1S/C15H17ClN2O2/c1-15(2)14(20)17-12(11-7-4-3-5-8-11)13(19)18(15)10-6-9-16/h3-9,12H,10H2,1-2H3,(H,17,20)/b9-6+. The summed E-state index contributed by atoms with van der Waals surface area (Å²) in [6.45, 7) is 3.76. The molecule has 5 heteroatoms. The fraction of sp³-hybridized carbons (Fsp3) is 0.333. The number of benzene rings is 1. The van der Waals surface area contributed by atoms with Gasteiger partial charge in [0.1, 0.15) is 11.6 Å². The van der Waals surface area contributed by atoms with Gasteiger partial charge < -0.3 is 10.2 Å². The lowest BCUT2D eigenvalue weighted by Crippen LogP contribution is -2.65. The van der Waals surface area contributed by atoms with Gasteiger partial charge in [-0.3, -0.25) is 9.59 Å². The molecule has 1 aliphatic rings. The van der Waals surface area contributed by atoms with Crippen LogP contribution in [-0.2, 0) is 9.59 Å². The molecule has 1 heterocycles. The monoisotopic (exact) mass is 292 g/mol. The number of carbonyl (C=O) groups is 2. The number of rotatable bonds is 3. The lowest BCUT2D eigenvalue weighted by Gasteiger charge is -2.43. The molecule has 1 N–H and O–H groups in total. The van der Waals surface area contributed by atoms with Crippen LogP contribution < -0.4 is 5.32 Å². The number of carbonyl (C=O) groups excluding carboxylic acids is 2. The van der Waals surface area contributed by atoms with E-state index < -0.39 is 11.6 Å². The third-order valence-electron chi connectivity index (χ3n) is 3.53. The summed E-state index contributed by atoms with van der Waals surface area (Å²) < 4.78 is 0. The van der Waals surface area contributed by atoms with Gasteiger partial charge in [-0.05, 0) is 19.4 Å². The average Bonchev–Trinajstić information content (AvgIpc) is 2.44. The van der Waals surface area contributed by atoms with Crippen LogP contribution in [0, 0.1) is 0 Å². The van der Waals surface area contributed by atoms with Gasteiger partial charge in [0.05, 0.1) is 0 Å². The maximum absolute atomic E-state index is 12.6. The second-order valence-corrected chi connectivity index (χ2v) is 5.44. The molecular formula is C15H17ClN2O2. The predicted molar refractivity (Wildman–Crippen MR) is 78.1 cm³/mol. The molecule has 106 valence electrons. The minimum absolute atomic E-state index is 0.129. The number of piperazine rings is 1. The van der Waals surface area contributed by atoms with E-state index in [0.717, 1.165) is 5.56 Å². The smallest absolute Gasteiger partial charge is 0.250 e. The van der Waals surface area contributed by atoms with E-state index in [1.165, 1.54) is 5.54 Å². The first kappa shape index (κ1) is 14.6. The van der Waals surface area contributed by atoms with Crippen LogP contribution in [0.3, 0.4) is 0 Å². The summed E-state index contributed by atoms with van der Waals surface area (Å²) in [5.74, 6) is -0.301. The molecule has 2 rings (SSSR count). The van der Waals surface area contributed by atoms with Crippen molar-refractivity contribution in [3.05, 3.63) is 47.5 Å². The molecule has 0 bridgehead atoms. The number of nitrogens with zero attached hydrogens (tertiary/aromatic N) is 1. The van der Waals surface area contributed by atoms with Crippen LogP contribution >= 0.6 is 11.6 Å². The lowest BCUT2D eigenvalue weighted by molar-refractivity contribution is -0.154. The zero-order valence-electron chi connectivity index (χ0n) is 11.5. The molecule has 20 heavy (non-hydrogen) atoms. The van der Waals surface area contributed by atoms with Crippen LogP contribution in [0.15, 0.2) is 41.9 Å². The van der Waals surface area contributed by atoms with Crippen LogP contribution in [0.2, 0.25) is 0 Å². The fourth-order valence-electron chi connectivity index (χ4n) is 2.26. The van der Waals surface area contributed by atoms with E-state index in [0.29, 0.717) is 6.54 Å².